The lowest BCUT2D eigenvalue weighted by atomic mass is 10.2. The second-order valence-electron chi connectivity index (χ2n) is 6.93. The molecule has 7 nitrogen and oxygen atoms in total. The molecule has 0 radical (unpaired) electrons. The summed E-state index contributed by atoms with van der Waals surface area (Å²) >= 11 is 8.16. The van der Waals surface area contributed by atoms with Gasteiger partial charge in [-0.15, -0.1) is 0 Å². The Morgan fingerprint density at radius 3 is 2.66 bits per heavy atom. The molecule has 2 aromatic rings. The molecule has 2 aliphatic heterocycles. The average molecular weight is 581 g/mol. The quantitative estimate of drug-likeness (QED) is 0.532. The number of rotatable bonds is 5. The lowest BCUT2D eigenvalue weighted by Gasteiger charge is -2.26. The number of thioether (sulfide) groups is 1. The summed E-state index contributed by atoms with van der Waals surface area (Å²) in [5.41, 5.74) is 1.58. The Morgan fingerprint density at radius 2 is 1.94 bits per heavy atom. The zero-order valence-corrected chi connectivity index (χ0v) is 20.8. The van der Waals surface area contributed by atoms with Crippen LogP contribution in [0.5, 0.6) is 5.75 Å². The molecule has 10 heteroatoms. The lowest BCUT2D eigenvalue weighted by molar-refractivity contribution is -0.137. The van der Waals surface area contributed by atoms with Crippen LogP contribution in [0.2, 0.25) is 0 Å². The van der Waals surface area contributed by atoms with E-state index < -0.39 is 0 Å². The smallest absolute Gasteiger partial charge is 0.264 e. The first-order valence-electron chi connectivity index (χ1n) is 9.81. The van der Waals surface area contributed by atoms with E-state index in [9.17, 15) is 9.59 Å². The van der Waals surface area contributed by atoms with Gasteiger partial charge in [-0.1, -0.05) is 22.0 Å². The van der Waals surface area contributed by atoms with Crippen LogP contribution in [0, 0.1) is 0 Å². The largest absolute Gasteiger partial charge is 0.483 e. The average Bonchev–Trinajstić information content (AvgIpc) is 3.13. The van der Waals surface area contributed by atoms with E-state index in [-0.39, 0.29) is 18.4 Å². The summed E-state index contributed by atoms with van der Waals surface area (Å²) in [6.07, 6.45) is 1.79. The molecule has 4 rings (SSSR count). The van der Waals surface area contributed by atoms with Gasteiger partial charge >= 0.3 is 0 Å². The summed E-state index contributed by atoms with van der Waals surface area (Å²) in [6.45, 7) is 2.25. The van der Waals surface area contributed by atoms with Gasteiger partial charge in [0.05, 0.1) is 28.3 Å². The van der Waals surface area contributed by atoms with Crippen LogP contribution in [-0.4, -0.2) is 54.8 Å². The van der Waals surface area contributed by atoms with E-state index >= 15 is 0 Å². The zero-order valence-electron chi connectivity index (χ0n) is 16.8. The standard InChI is InChI=1S/C22H19Br2N3O4S/c23-15-2-4-16(5-3-15)25-22-26-21(29)19(32-22)12-14-1-6-18(17(24)11-14)31-13-20(28)27-7-9-30-10-8-27/h1-6,11-12H,7-10,13H2,(H,25,26,29)/b19-12-. The summed E-state index contributed by atoms with van der Waals surface area (Å²) in [6, 6.07) is 13.0. The summed E-state index contributed by atoms with van der Waals surface area (Å²) in [5.74, 6) is 0.302. The highest BCUT2D eigenvalue weighted by molar-refractivity contribution is 9.10. The third kappa shape index (κ3) is 6.00. The molecule has 166 valence electrons. The first-order chi connectivity index (χ1) is 15.5. The van der Waals surface area contributed by atoms with E-state index in [4.69, 9.17) is 9.47 Å². The maximum atomic E-state index is 12.3. The number of halogens is 2. The molecule has 0 atom stereocenters. The van der Waals surface area contributed by atoms with Crippen LogP contribution < -0.4 is 10.1 Å². The highest BCUT2D eigenvalue weighted by atomic mass is 79.9. The van der Waals surface area contributed by atoms with Crippen LogP contribution in [0.15, 0.2) is 61.3 Å². The molecule has 0 unspecified atom stereocenters. The number of carbonyl (C=O) groups is 2. The molecule has 1 N–H and O–H groups in total. The Labute approximate surface area is 206 Å². The van der Waals surface area contributed by atoms with Gasteiger partial charge in [-0.05, 0) is 75.7 Å². The van der Waals surface area contributed by atoms with Crippen molar-refractivity contribution in [3.05, 3.63) is 61.9 Å². The van der Waals surface area contributed by atoms with E-state index in [1.165, 1.54) is 11.8 Å². The lowest BCUT2D eigenvalue weighted by Crippen LogP contribution is -2.43. The van der Waals surface area contributed by atoms with E-state index in [0.29, 0.717) is 46.6 Å². The van der Waals surface area contributed by atoms with E-state index in [1.807, 2.05) is 36.4 Å². The van der Waals surface area contributed by atoms with Gasteiger partial charge in [0.15, 0.2) is 11.8 Å². The Kier molecular flexibility index (Phi) is 7.67. The van der Waals surface area contributed by atoms with Crippen molar-refractivity contribution in [2.45, 2.75) is 0 Å². The van der Waals surface area contributed by atoms with Crippen molar-refractivity contribution in [1.29, 1.82) is 0 Å². The molecular weight excluding hydrogens is 562 g/mol. The van der Waals surface area contributed by atoms with Crippen LogP contribution >= 0.6 is 43.6 Å². The number of hydrogen-bond donors (Lipinski definition) is 1. The zero-order chi connectivity index (χ0) is 22.5. The molecule has 2 aliphatic rings. The normalized spacial score (nSPS) is 18.8. The molecule has 2 amide bonds. The number of amides is 2. The van der Waals surface area contributed by atoms with Gasteiger partial charge in [0.1, 0.15) is 5.75 Å². The first kappa shape index (κ1) is 23.0. The van der Waals surface area contributed by atoms with Crippen LogP contribution in [0.25, 0.3) is 6.08 Å². The minimum atomic E-state index is -0.196. The number of hydrogen-bond acceptors (Lipinski definition) is 6. The van der Waals surface area contributed by atoms with Crippen molar-refractivity contribution in [2.24, 2.45) is 4.99 Å². The monoisotopic (exact) mass is 579 g/mol. The van der Waals surface area contributed by atoms with Crippen LogP contribution in [0.4, 0.5) is 5.69 Å². The second kappa shape index (κ2) is 10.7. The highest BCUT2D eigenvalue weighted by Gasteiger charge is 2.24. The number of benzene rings is 2. The fraction of sp³-hybridized carbons (Fsp3) is 0.227. The van der Waals surface area contributed by atoms with Gasteiger partial charge in [0, 0.05) is 17.6 Å². The van der Waals surface area contributed by atoms with Gasteiger partial charge in [-0.3, -0.25) is 9.59 Å². The predicted octanol–water partition coefficient (Wildman–Crippen LogP) is 4.34. The molecule has 32 heavy (non-hydrogen) atoms. The highest BCUT2D eigenvalue weighted by Crippen LogP contribution is 2.31. The number of morpholine rings is 1. The SMILES string of the molecule is O=C1NC(=Nc2ccc(Br)cc2)S/C1=C\c1ccc(OCC(=O)N2CCOCC2)c(Br)c1. The summed E-state index contributed by atoms with van der Waals surface area (Å²) < 4.78 is 12.6. The fourth-order valence-corrected chi connectivity index (χ4v) is 4.65. The fourth-order valence-electron chi connectivity index (χ4n) is 3.03. The van der Waals surface area contributed by atoms with Gasteiger partial charge in [0.2, 0.25) is 0 Å². The van der Waals surface area contributed by atoms with Crippen LogP contribution in [0.1, 0.15) is 5.56 Å². The number of nitrogens with zero attached hydrogens (tertiary/aromatic N) is 2. The number of amidine groups is 1. The first-order valence-corrected chi connectivity index (χ1v) is 12.2. The summed E-state index contributed by atoms with van der Waals surface area (Å²) in [4.78, 5) is 31.3. The van der Waals surface area contributed by atoms with Crippen LogP contribution in [-0.2, 0) is 14.3 Å². The third-order valence-electron chi connectivity index (χ3n) is 4.68. The molecule has 2 heterocycles. The Hall–Kier alpha value is -2.14. The molecular formula is C22H19Br2N3O4S. The van der Waals surface area contributed by atoms with Crippen molar-refractivity contribution in [3.63, 3.8) is 0 Å². The summed E-state index contributed by atoms with van der Waals surface area (Å²) in [5, 5.41) is 3.32. The summed E-state index contributed by atoms with van der Waals surface area (Å²) in [7, 11) is 0. The maximum absolute atomic E-state index is 12.3. The molecule has 2 fully saturated rings. The number of ether oxygens (including phenoxy) is 2. The topological polar surface area (TPSA) is 80.2 Å². The van der Waals surface area contributed by atoms with E-state index in [0.717, 1.165) is 15.7 Å². The van der Waals surface area contributed by atoms with Crippen LogP contribution in [0.3, 0.4) is 0 Å². The molecule has 0 aromatic heterocycles. The van der Waals surface area contributed by atoms with E-state index in [2.05, 4.69) is 42.2 Å². The molecule has 0 saturated carbocycles. The van der Waals surface area contributed by atoms with Crippen molar-refractivity contribution in [1.82, 2.24) is 10.2 Å². The maximum Gasteiger partial charge on any atom is 0.264 e. The molecule has 0 bridgehead atoms. The van der Waals surface area contributed by atoms with E-state index in [1.54, 1.807) is 17.0 Å². The predicted molar refractivity (Wildman–Crippen MR) is 132 cm³/mol. The second-order valence-corrected chi connectivity index (χ2v) is 9.73. The molecule has 0 spiro atoms. The molecule has 2 saturated heterocycles. The van der Waals surface area contributed by atoms with Crippen molar-refractivity contribution >= 4 is 72.4 Å². The Morgan fingerprint density at radius 1 is 1.19 bits per heavy atom. The third-order valence-corrected chi connectivity index (χ3v) is 6.74. The van der Waals surface area contributed by atoms with Crippen molar-refractivity contribution in [2.75, 3.05) is 32.9 Å². The number of nitrogens with one attached hydrogen (secondary N) is 1. The minimum Gasteiger partial charge on any atom is -0.483 e. The van der Waals surface area contributed by atoms with Gasteiger partial charge in [0.25, 0.3) is 11.8 Å². The Bertz CT molecular complexity index is 1080. The molecule has 0 aliphatic carbocycles. The van der Waals surface area contributed by atoms with Gasteiger partial charge in [-0.25, -0.2) is 4.99 Å². The number of aliphatic imine (C=N–C) groups is 1. The minimum absolute atomic E-state index is 0.0345. The van der Waals surface area contributed by atoms with Gasteiger partial charge in [-0.2, -0.15) is 0 Å². The Balaban J connectivity index is 1.39. The molecule has 2 aromatic carbocycles. The van der Waals surface area contributed by atoms with Crippen molar-refractivity contribution in [3.8, 4) is 5.75 Å². The number of carbonyl (C=O) groups excluding carboxylic acids is 2. The van der Waals surface area contributed by atoms with Gasteiger partial charge < -0.3 is 19.7 Å². The van der Waals surface area contributed by atoms with Crippen molar-refractivity contribution < 1.29 is 19.1 Å².